The maximum atomic E-state index is 5.72. The van der Waals surface area contributed by atoms with E-state index < -0.39 is 0 Å². The molecule has 1 aliphatic heterocycles. The largest absolute Gasteiger partial charge is 0.494 e. The van der Waals surface area contributed by atoms with Gasteiger partial charge in [-0.15, -0.1) is 0 Å². The Hall–Kier alpha value is -1.06. The molecule has 1 aliphatic rings. The fourth-order valence-electron chi connectivity index (χ4n) is 2.98. The standard InChI is InChI=1S/C18H30N2O/c1-2-13-20-14-6-8-17(11-15-20)19-12-7-16-21-18-9-4-3-5-10-18/h3-5,9-10,17,19H,2,6-8,11-16H2,1H3. The Kier molecular flexibility index (Phi) is 7.61. The van der Waals surface area contributed by atoms with Crippen molar-refractivity contribution in [2.24, 2.45) is 0 Å². The molecule has 3 heteroatoms. The van der Waals surface area contributed by atoms with E-state index in [4.69, 9.17) is 4.74 Å². The Balaban J connectivity index is 1.54. The lowest BCUT2D eigenvalue weighted by Crippen LogP contribution is -2.32. The van der Waals surface area contributed by atoms with Gasteiger partial charge >= 0.3 is 0 Å². The number of hydrogen-bond acceptors (Lipinski definition) is 3. The van der Waals surface area contributed by atoms with Crippen LogP contribution in [-0.4, -0.2) is 43.7 Å². The minimum Gasteiger partial charge on any atom is -0.494 e. The zero-order chi connectivity index (χ0) is 14.8. The summed E-state index contributed by atoms with van der Waals surface area (Å²) < 4.78 is 5.72. The van der Waals surface area contributed by atoms with Crippen LogP contribution in [0.5, 0.6) is 5.75 Å². The number of rotatable bonds is 8. The van der Waals surface area contributed by atoms with Gasteiger partial charge in [0.15, 0.2) is 0 Å². The van der Waals surface area contributed by atoms with Crippen LogP contribution in [0.1, 0.15) is 39.0 Å². The van der Waals surface area contributed by atoms with Crippen molar-refractivity contribution in [1.82, 2.24) is 10.2 Å². The summed E-state index contributed by atoms with van der Waals surface area (Å²) in [5, 5.41) is 3.70. The van der Waals surface area contributed by atoms with E-state index in [1.807, 2.05) is 30.3 Å². The van der Waals surface area contributed by atoms with E-state index in [1.54, 1.807) is 0 Å². The highest BCUT2D eigenvalue weighted by Gasteiger charge is 2.15. The second kappa shape index (κ2) is 9.80. The van der Waals surface area contributed by atoms with Gasteiger partial charge in [0.05, 0.1) is 6.61 Å². The smallest absolute Gasteiger partial charge is 0.119 e. The van der Waals surface area contributed by atoms with Crippen LogP contribution < -0.4 is 10.1 Å². The Bertz CT molecular complexity index is 369. The first-order chi connectivity index (χ1) is 10.4. The summed E-state index contributed by atoms with van der Waals surface area (Å²) in [7, 11) is 0. The zero-order valence-corrected chi connectivity index (χ0v) is 13.4. The fourth-order valence-corrected chi connectivity index (χ4v) is 2.98. The predicted octanol–water partition coefficient (Wildman–Crippen LogP) is 3.31. The van der Waals surface area contributed by atoms with Gasteiger partial charge in [0.1, 0.15) is 5.75 Å². The van der Waals surface area contributed by atoms with Crippen LogP contribution in [0, 0.1) is 0 Å². The van der Waals surface area contributed by atoms with Crippen molar-refractivity contribution in [3.8, 4) is 5.75 Å². The Morgan fingerprint density at radius 2 is 2.05 bits per heavy atom. The van der Waals surface area contributed by atoms with Crippen LogP contribution >= 0.6 is 0 Å². The predicted molar refractivity (Wildman–Crippen MR) is 88.9 cm³/mol. The van der Waals surface area contributed by atoms with Crippen molar-refractivity contribution in [2.45, 2.75) is 45.1 Å². The van der Waals surface area contributed by atoms with Gasteiger partial charge in [-0.05, 0) is 70.4 Å². The Labute approximate surface area is 129 Å². The summed E-state index contributed by atoms with van der Waals surface area (Å²) in [6, 6.07) is 10.8. The quantitative estimate of drug-likeness (QED) is 0.743. The molecule has 0 bridgehead atoms. The molecule has 1 fully saturated rings. The van der Waals surface area contributed by atoms with Gasteiger partial charge < -0.3 is 15.0 Å². The van der Waals surface area contributed by atoms with Crippen LogP contribution in [0.15, 0.2) is 30.3 Å². The topological polar surface area (TPSA) is 24.5 Å². The molecule has 118 valence electrons. The van der Waals surface area contributed by atoms with Gasteiger partial charge in [-0.1, -0.05) is 25.1 Å². The van der Waals surface area contributed by atoms with Gasteiger partial charge in [0, 0.05) is 6.04 Å². The molecule has 1 aromatic rings. The van der Waals surface area contributed by atoms with Crippen molar-refractivity contribution in [2.75, 3.05) is 32.8 Å². The maximum absolute atomic E-state index is 5.72. The summed E-state index contributed by atoms with van der Waals surface area (Å²) in [6.07, 6.45) is 6.29. The highest BCUT2D eigenvalue weighted by molar-refractivity contribution is 5.20. The first-order valence-electron chi connectivity index (χ1n) is 8.52. The molecule has 1 saturated heterocycles. The molecule has 0 aromatic heterocycles. The minimum atomic E-state index is 0.698. The van der Waals surface area contributed by atoms with E-state index in [0.29, 0.717) is 6.04 Å². The molecule has 1 aromatic carbocycles. The summed E-state index contributed by atoms with van der Waals surface area (Å²) >= 11 is 0. The summed E-state index contributed by atoms with van der Waals surface area (Å²) in [5.74, 6) is 0.974. The third-order valence-corrected chi connectivity index (χ3v) is 4.13. The summed E-state index contributed by atoms with van der Waals surface area (Å²) in [5.41, 5.74) is 0. The first-order valence-corrected chi connectivity index (χ1v) is 8.52. The third kappa shape index (κ3) is 6.49. The van der Waals surface area contributed by atoms with Crippen LogP contribution in [0.3, 0.4) is 0 Å². The van der Waals surface area contributed by atoms with E-state index in [-0.39, 0.29) is 0 Å². The Morgan fingerprint density at radius 3 is 2.86 bits per heavy atom. The van der Waals surface area contributed by atoms with Gasteiger partial charge in [0.2, 0.25) is 0 Å². The maximum Gasteiger partial charge on any atom is 0.119 e. The molecule has 0 spiro atoms. The van der Waals surface area contributed by atoms with Crippen molar-refractivity contribution in [3.05, 3.63) is 30.3 Å². The number of ether oxygens (including phenoxy) is 1. The van der Waals surface area contributed by atoms with E-state index in [1.165, 1.54) is 45.3 Å². The van der Waals surface area contributed by atoms with Gasteiger partial charge in [-0.25, -0.2) is 0 Å². The second-order valence-electron chi connectivity index (χ2n) is 5.94. The molecule has 0 radical (unpaired) electrons. The molecule has 1 unspecified atom stereocenters. The number of para-hydroxylation sites is 1. The monoisotopic (exact) mass is 290 g/mol. The molecule has 0 aliphatic carbocycles. The van der Waals surface area contributed by atoms with Crippen LogP contribution in [0.4, 0.5) is 0 Å². The van der Waals surface area contributed by atoms with Crippen LogP contribution in [0.25, 0.3) is 0 Å². The molecule has 0 amide bonds. The molecule has 2 rings (SSSR count). The average molecular weight is 290 g/mol. The zero-order valence-electron chi connectivity index (χ0n) is 13.4. The Morgan fingerprint density at radius 1 is 1.19 bits per heavy atom. The SMILES string of the molecule is CCCN1CCCC(NCCCOc2ccccc2)CC1. The number of benzene rings is 1. The molecule has 21 heavy (non-hydrogen) atoms. The molecular formula is C18H30N2O. The number of nitrogens with zero attached hydrogens (tertiary/aromatic N) is 1. The van der Waals surface area contributed by atoms with Gasteiger partial charge in [-0.3, -0.25) is 0 Å². The minimum absolute atomic E-state index is 0.698. The average Bonchev–Trinajstić information content (AvgIpc) is 2.74. The molecule has 1 N–H and O–H groups in total. The molecular weight excluding hydrogens is 260 g/mol. The molecule has 1 atom stereocenters. The summed E-state index contributed by atoms with van der Waals surface area (Å²) in [6.45, 7) is 7.93. The second-order valence-corrected chi connectivity index (χ2v) is 5.94. The van der Waals surface area contributed by atoms with E-state index >= 15 is 0 Å². The van der Waals surface area contributed by atoms with E-state index in [0.717, 1.165) is 25.3 Å². The number of nitrogens with one attached hydrogen (secondary N) is 1. The highest BCUT2D eigenvalue weighted by Crippen LogP contribution is 2.12. The van der Waals surface area contributed by atoms with Gasteiger partial charge in [-0.2, -0.15) is 0 Å². The fraction of sp³-hybridized carbons (Fsp3) is 0.667. The van der Waals surface area contributed by atoms with Crippen molar-refractivity contribution in [3.63, 3.8) is 0 Å². The highest BCUT2D eigenvalue weighted by atomic mass is 16.5. The lowest BCUT2D eigenvalue weighted by atomic mass is 10.1. The van der Waals surface area contributed by atoms with Crippen LogP contribution in [-0.2, 0) is 0 Å². The summed E-state index contributed by atoms with van der Waals surface area (Å²) in [4.78, 5) is 2.61. The van der Waals surface area contributed by atoms with Crippen molar-refractivity contribution >= 4 is 0 Å². The normalized spacial score (nSPS) is 20.1. The molecule has 1 heterocycles. The third-order valence-electron chi connectivity index (χ3n) is 4.13. The van der Waals surface area contributed by atoms with Crippen LogP contribution in [0.2, 0.25) is 0 Å². The first kappa shape index (κ1) is 16.3. The number of hydrogen-bond donors (Lipinski definition) is 1. The van der Waals surface area contributed by atoms with E-state index in [9.17, 15) is 0 Å². The lowest BCUT2D eigenvalue weighted by molar-refractivity contribution is 0.280. The van der Waals surface area contributed by atoms with Gasteiger partial charge in [0.25, 0.3) is 0 Å². The van der Waals surface area contributed by atoms with E-state index in [2.05, 4.69) is 17.1 Å². The lowest BCUT2D eigenvalue weighted by Gasteiger charge is -2.19. The van der Waals surface area contributed by atoms with Crippen molar-refractivity contribution < 1.29 is 4.74 Å². The molecule has 3 nitrogen and oxygen atoms in total. The van der Waals surface area contributed by atoms with Crippen molar-refractivity contribution in [1.29, 1.82) is 0 Å². The molecule has 0 saturated carbocycles. The number of likely N-dealkylation sites (tertiary alicyclic amines) is 1.